The second kappa shape index (κ2) is 8.15. The summed E-state index contributed by atoms with van der Waals surface area (Å²) in [4.78, 5) is 9.30. The number of para-hydroxylation sites is 1. The highest BCUT2D eigenvalue weighted by Gasteiger charge is 2.08. The molecule has 1 aromatic heterocycles. The lowest BCUT2D eigenvalue weighted by molar-refractivity contribution is 0.414. The van der Waals surface area contributed by atoms with Crippen LogP contribution in [0.4, 0.5) is 17.5 Å². The van der Waals surface area contributed by atoms with Crippen LogP contribution in [0.5, 0.6) is 5.75 Å². The van der Waals surface area contributed by atoms with E-state index < -0.39 is 0 Å². The molecular weight excluding hydrogens is 372 g/mol. The molecular formula is C22H19ClN4O. The Hall–Kier alpha value is -3.31. The number of anilines is 3. The van der Waals surface area contributed by atoms with E-state index in [1.807, 2.05) is 72.8 Å². The monoisotopic (exact) mass is 390 g/mol. The van der Waals surface area contributed by atoms with Crippen molar-refractivity contribution >= 4 is 40.0 Å². The molecule has 2 N–H and O–H groups in total. The van der Waals surface area contributed by atoms with Crippen molar-refractivity contribution in [3.8, 4) is 5.75 Å². The molecule has 0 aliphatic carbocycles. The van der Waals surface area contributed by atoms with Crippen LogP contribution in [0.2, 0.25) is 5.02 Å². The number of hydrogen-bond acceptors (Lipinski definition) is 5. The molecule has 1 heterocycles. The second-order valence-electron chi connectivity index (χ2n) is 6.25. The van der Waals surface area contributed by atoms with E-state index in [0.717, 1.165) is 33.7 Å². The normalized spacial score (nSPS) is 10.6. The van der Waals surface area contributed by atoms with Crippen LogP contribution in [0.15, 0.2) is 72.8 Å². The van der Waals surface area contributed by atoms with E-state index in [9.17, 15) is 0 Å². The number of methoxy groups -OCH3 is 1. The van der Waals surface area contributed by atoms with E-state index in [0.29, 0.717) is 17.5 Å². The van der Waals surface area contributed by atoms with Crippen molar-refractivity contribution in [2.75, 3.05) is 17.7 Å². The maximum Gasteiger partial charge on any atom is 0.229 e. The van der Waals surface area contributed by atoms with Gasteiger partial charge < -0.3 is 15.4 Å². The van der Waals surface area contributed by atoms with Gasteiger partial charge in [0.05, 0.1) is 12.6 Å². The predicted octanol–water partition coefficient (Wildman–Crippen LogP) is 5.65. The fourth-order valence-corrected chi connectivity index (χ4v) is 2.98. The average molecular weight is 391 g/mol. The molecule has 0 atom stereocenters. The minimum Gasteiger partial charge on any atom is -0.497 e. The van der Waals surface area contributed by atoms with Gasteiger partial charge in [-0.3, -0.25) is 0 Å². The van der Waals surface area contributed by atoms with Gasteiger partial charge >= 0.3 is 0 Å². The van der Waals surface area contributed by atoms with E-state index in [4.69, 9.17) is 16.3 Å². The lowest BCUT2D eigenvalue weighted by Gasteiger charge is -2.12. The molecule has 6 heteroatoms. The third-order valence-corrected chi connectivity index (χ3v) is 4.57. The number of hydrogen-bond donors (Lipinski definition) is 2. The van der Waals surface area contributed by atoms with Gasteiger partial charge in [-0.1, -0.05) is 35.9 Å². The highest BCUT2D eigenvalue weighted by Crippen LogP contribution is 2.25. The van der Waals surface area contributed by atoms with Gasteiger partial charge in [0.15, 0.2) is 0 Å². The number of nitrogens with one attached hydrogen (secondary N) is 2. The van der Waals surface area contributed by atoms with Crippen molar-refractivity contribution in [3.05, 3.63) is 83.4 Å². The van der Waals surface area contributed by atoms with Gasteiger partial charge in [0.1, 0.15) is 11.6 Å². The molecule has 0 aliphatic rings. The van der Waals surface area contributed by atoms with Crippen LogP contribution < -0.4 is 15.4 Å². The Labute approximate surface area is 168 Å². The lowest BCUT2D eigenvalue weighted by atomic mass is 10.2. The van der Waals surface area contributed by atoms with Gasteiger partial charge in [-0.05, 0) is 54.1 Å². The number of fused-ring (bicyclic) bond motifs is 1. The standard InChI is InChI=1S/C22H19ClN4O/c1-28-18-12-6-15(7-13-18)14-24-21-19-4-2-3-5-20(19)26-22(27-21)25-17-10-8-16(23)9-11-17/h2-13H,14H2,1H3,(H2,24,25,26,27). The zero-order valence-electron chi connectivity index (χ0n) is 15.3. The molecule has 28 heavy (non-hydrogen) atoms. The van der Waals surface area contributed by atoms with E-state index in [1.165, 1.54) is 0 Å². The summed E-state index contributed by atoms with van der Waals surface area (Å²) in [5.74, 6) is 2.14. The summed E-state index contributed by atoms with van der Waals surface area (Å²) in [5.41, 5.74) is 2.88. The molecule has 4 aromatic rings. The summed E-state index contributed by atoms with van der Waals surface area (Å²) in [6.45, 7) is 0.644. The number of ether oxygens (including phenoxy) is 1. The van der Waals surface area contributed by atoms with Crippen molar-refractivity contribution in [1.82, 2.24) is 9.97 Å². The van der Waals surface area contributed by atoms with Crippen LogP contribution in [0.3, 0.4) is 0 Å². The summed E-state index contributed by atoms with van der Waals surface area (Å²) < 4.78 is 5.21. The van der Waals surface area contributed by atoms with Crippen LogP contribution in [0, 0.1) is 0 Å². The van der Waals surface area contributed by atoms with Gasteiger partial charge in [0, 0.05) is 22.6 Å². The zero-order valence-corrected chi connectivity index (χ0v) is 16.1. The number of aromatic nitrogens is 2. The maximum absolute atomic E-state index is 5.96. The van der Waals surface area contributed by atoms with E-state index in [-0.39, 0.29) is 0 Å². The number of nitrogens with zero attached hydrogens (tertiary/aromatic N) is 2. The van der Waals surface area contributed by atoms with Gasteiger partial charge in [0.2, 0.25) is 5.95 Å². The smallest absolute Gasteiger partial charge is 0.229 e. The van der Waals surface area contributed by atoms with E-state index in [1.54, 1.807) is 7.11 Å². The Morgan fingerprint density at radius 1 is 0.893 bits per heavy atom. The molecule has 0 unspecified atom stereocenters. The second-order valence-corrected chi connectivity index (χ2v) is 6.68. The molecule has 0 saturated carbocycles. The minimum atomic E-state index is 0.526. The van der Waals surface area contributed by atoms with E-state index in [2.05, 4.69) is 20.6 Å². The average Bonchev–Trinajstić information content (AvgIpc) is 2.74. The molecule has 4 rings (SSSR count). The number of halogens is 1. The fraction of sp³-hybridized carbons (Fsp3) is 0.0909. The molecule has 3 aromatic carbocycles. The zero-order chi connectivity index (χ0) is 19.3. The quantitative estimate of drug-likeness (QED) is 0.445. The van der Waals surface area contributed by atoms with E-state index >= 15 is 0 Å². The fourth-order valence-electron chi connectivity index (χ4n) is 2.86. The summed E-state index contributed by atoms with van der Waals surface area (Å²) in [6, 6.07) is 23.3. The van der Waals surface area contributed by atoms with Crippen molar-refractivity contribution in [2.24, 2.45) is 0 Å². The molecule has 0 bridgehead atoms. The van der Waals surface area contributed by atoms with Crippen molar-refractivity contribution in [1.29, 1.82) is 0 Å². The number of benzene rings is 3. The number of rotatable bonds is 6. The van der Waals surface area contributed by atoms with Crippen LogP contribution in [-0.4, -0.2) is 17.1 Å². The highest BCUT2D eigenvalue weighted by atomic mass is 35.5. The summed E-state index contributed by atoms with van der Waals surface area (Å²) in [6.07, 6.45) is 0. The van der Waals surface area contributed by atoms with Gasteiger partial charge in [0.25, 0.3) is 0 Å². The molecule has 0 aliphatic heterocycles. The molecule has 140 valence electrons. The van der Waals surface area contributed by atoms with Crippen molar-refractivity contribution in [2.45, 2.75) is 6.54 Å². The van der Waals surface area contributed by atoms with Crippen molar-refractivity contribution < 1.29 is 4.74 Å². The SMILES string of the molecule is COc1ccc(CNc2nc(Nc3ccc(Cl)cc3)nc3ccccc23)cc1. The molecule has 0 spiro atoms. The van der Waals surface area contributed by atoms with Crippen LogP contribution in [-0.2, 0) is 6.54 Å². The third-order valence-electron chi connectivity index (χ3n) is 4.32. The first-order chi connectivity index (χ1) is 13.7. The predicted molar refractivity (Wildman–Crippen MR) is 115 cm³/mol. The van der Waals surface area contributed by atoms with Gasteiger partial charge in [-0.15, -0.1) is 0 Å². The summed E-state index contributed by atoms with van der Waals surface area (Å²) in [5, 5.41) is 8.32. The van der Waals surface area contributed by atoms with Gasteiger partial charge in [-0.25, -0.2) is 4.98 Å². The largest absolute Gasteiger partial charge is 0.497 e. The third kappa shape index (κ3) is 4.15. The Morgan fingerprint density at radius 3 is 2.39 bits per heavy atom. The Balaban J connectivity index is 1.60. The molecule has 0 radical (unpaired) electrons. The maximum atomic E-state index is 5.96. The Kier molecular flexibility index (Phi) is 5.26. The first-order valence-electron chi connectivity index (χ1n) is 8.87. The lowest BCUT2D eigenvalue weighted by Crippen LogP contribution is -2.05. The first kappa shape index (κ1) is 18.1. The molecule has 5 nitrogen and oxygen atoms in total. The Morgan fingerprint density at radius 2 is 1.64 bits per heavy atom. The van der Waals surface area contributed by atoms with Crippen LogP contribution in [0.1, 0.15) is 5.56 Å². The first-order valence-corrected chi connectivity index (χ1v) is 9.25. The van der Waals surface area contributed by atoms with Crippen LogP contribution in [0.25, 0.3) is 10.9 Å². The minimum absolute atomic E-state index is 0.526. The topological polar surface area (TPSA) is 59.1 Å². The highest BCUT2D eigenvalue weighted by molar-refractivity contribution is 6.30. The molecule has 0 saturated heterocycles. The molecule has 0 amide bonds. The van der Waals surface area contributed by atoms with Gasteiger partial charge in [-0.2, -0.15) is 4.98 Å². The molecule has 0 fully saturated rings. The Bertz CT molecular complexity index is 1080. The van der Waals surface area contributed by atoms with Crippen molar-refractivity contribution in [3.63, 3.8) is 0 Å². The summed E-state index contributed by atoms with van der Waals surface area (Å²) in [7, 11) is 1.66. The van der Waals surface area contributed by atoms with Crippen LogP contribution >= 0.6 is 11.6 Å². The summed E-state index contributed by atoms with van der Waals surface area (Å²) >= 11 is 5.96.